The Balaban J connectivity index is 1.80. The summed E-state index contributed by atoms with van der Waals surface area (Å²) in [5.74, 6) is -0.0975. The van der Waals surface area contributed by atoms with Crippen molar-refractivity contribution in [3.63, 3.8) is 0 Å². The van der Waals surface area contributed by atoms with Gasteiger partial charge in [-0.25, -0.2) is 13.1 Å². The van der Waals surface area contributed by atoms with Gasteiger partial charge in [-0.05, 0) is 37.0 Å². The lowest BCUT2D eigenvalue weighted by molar-refractivity contribution is -0.134. The first-order chi connectivity index (χ1) is 15.4. The summed E-state index contributed by atoms with van der Waals surface area (Å²) in [5, 5.41) is 2.90. The Bertz CT molecular complexity index is 1030. The number of carbonyl (C=O) groups excluding carboxylic acids is 2. The van der Waals surface area contributed by atoms with Gasteiger partial charge in [-0.15, -0.1) is 0 Å². The van der Waals surface area contributed by atoms with Crippen LogP contribution < -0.4 is 14.8 Å². The molecular weight excluding hydrogens is 430 g/mol. The molecule has 3 rings (SSSR count). The van der Waals surface area contributed by atoms with Gasteiger partial charge in [0, 0.05) is 19.2 Å². The molecule has 1 saturated heterocycles. The monoisotopic (exact) mass is 459 g/mol. The van der Waals surface area contributed by atoms with Crippen LogP contribution in [-0.2, 0) is 19.6 Å². The van der Waals surface area contributed by atoms with Crippen LogP contribution in [0.25, 0.3) is 0 Å². The number of nitrogens with one attached hydrogen (secondary N) is 2. The second-order valence-electron chi connectivity index (χ2n) is 7.63. The molecule has 1 aliphatic rings. The minimum Gasteiger partial charge on any atom is -0.497 e. The molecule has 0 radical (unpaired) electrons. The maximum Gasteiger partial charge on any atom is 0.241 e. The highest BCUT2D eigenvalue weighted by molar-refractivity contribution is 7.89. The minimum atomic E-state index is -3.91. The zero-order valence-electron chi connectivity index (χ0n) is 18.1. The van der Waals surface area contributed by atoms with Gasteiger partial charge in [-0.1, -0.05) is 36.4 Å². The summed E-state index contributed by atoms with van der Waals surface area (Å²) in [6.07, 6.45) is 2.60. The van der Waals surface area contributed by atoms with Crippen LogP contribution >= 0.6 is 0 Å². The maximum absolute atomic E-state index is 13.2. The van der Waals surface area contributed by atoms with E-state index in [1.54, 1.807) is 17.0 Å². The van der Waals surface area contributed by atoms with Gasteiger partial charge < -0.3 is 15.0 Å². The van der Waals surface area contributed by atoms with Crippen LogP contribution in [-0.4, -0.2) is 51.9 Å². The summed E-state index contributed by atoms with van der Waals surface area (Å²) in [7, 11) is -2.45. The van der Waals surface area contributed by atoms with Gasteiger partial charge in [-0.3, -0.25) is 9.59 Å². The molecule has 2 amide bonds. The molecule has 1 atom stereocenters. The van der Waals surface area contributed by atoms with Crippen LogP contribution in [0.4, 0.5) is 0 Å². The Hall–Kier alpha value is -2.91. The van der Waals surface area contributed by atoms with E-state index in [4.69, 9.17) is 4.74 Å². The third-order valence-electron chi connectivity index (χ3n) is 5.42. The first kappa shape index (κ1) is 23.7. The van der Waals surface area contributed by atoms with Crippen molar-refractivity contribution < 1.29 is 22.7 Å². The van der Waals surface area contributed by atoms with Crippen molar-refractivity contribution in [2.45, 2.75) is 36.6 Å². The number of hydrogen-bond acceptors (Lipinski definition) is 5. The van der Waals surface area contributed by atoms with Gasteiger partial charge in [0.15, 0.2) is 0 Å². The van der Waals surface area contributed by atoms with Gasteiger partial charge in [0.2, 0.25) is 21.8 Å². The minimum absolute atomic E-state index is 0.0181. The Kier molecular flexibility index (Phi) is 8.24. The lowest BCUT2D eigenvalue weighted by Gasteiger charge is -2.33. The summed E-state index contributed by atoms with van der Waals surface area (Å²) < 4.78 is 32.9. The van der Waals surface area contributed by atoms with Gasteiger partial charge in [-0.2, -0.15) is 0 Å². The molecule has 172 valence electrons. The second kappa shape index (κ2) is 11.1. The number of benzene rings is 2. The number of ether oxygens (including phenoxy) is 1. The largest absolute Gasteiger partial charge is 0.497 e. The second-order valence-corrected chi connectivity index (χ2v) is 9.40. The highest BCUT2D eigenvalue weighted by Gasteiger charge is 2.28. The molecule has 8 nitrogen and oxygen atoms in total. The first-order valence-corrected chi connectivity index (χ1v) is 12.1. The molecule has 2 aromatic rings. The van der Waals surface area contributed by atoms with Crippen molar-refractivity contribution >= 4 is 21.8 Å². The van der Waals surface area contributed by atoms with Crippen molar-refractivity contribution in [1.82, 2.24) is 14.9 Å². The fraction of sp³-hybridized carbons (Fsp3) is 0.391. The van der Waals surface area contributed by atoms with Gasteiger partial charge >= 0.3 is 0 Å². The standard InChI is InChI=1S/C23H29N3O5S/c1-31-19-11-8-12-20(15-19)32(29,30)25-17-23(28)26-14-7-3-6-13-24-22(27)16-21(26)18-9-4-2-5-10-18/h2,4-5,8-12,15,21,25H,3,6-7,13-14,16-17H2,1H3,(H,24,27). The number of nitrogens with zero attached hydrogens (tertiary/aromatic N) is 1. The molecule has 0 saturated carbocycles. The molecule has 0 aliphatic carbocycles. The summed E-state index contributed by atoms with van der Waals surface area (Å²) in [4.78, 5) is 27.3. The van der Waals surface area contributed by atoms with Crippen molar-refractivity contribution in [3.8, 4) is 5.75 Å². The average molecular weight is 460 g/mol. The number of sulfonamides is 1. The van der Waals surface area contributed by atoms with Crippen LogP contribution in [0.5, 0.6) is 5.75 Å². The predicted octanol–water partition coefficient (Wildman–Crippen LogP) is 2.23. The van der Waals surface area contributed by atoms with E-state index in [0.717, 1.165) is 24.8 Å². The molecule has 2 aromatic carbocycles. The maximum atomic E-state index is 13.2. The van der Waals surface area contributed by atoms with E-state index in [1.807, 2.05) is 30.3 Å². The van der Waals surface area contributed by atoms with Gasteiger partial charge in [0.05, 0.1) is 31.0 Å². The number of rotatable bonds is 6. The molecule has 1 fully saturated rings. The lowest BCUT2D eigenvalue weighted by atomic mass is 10.00. The average Bonchev–Trinajstić information content (AvgIpc) is 2.81. The molecule has 0 bridgehead atoms. The van der Waals surface area contributed by atoms with Crippen molar-refractivity contribution in [2.75, 3.05) is 26.7 Å². The lowest BCUT2D eigenvalue weighted by Crippen LogP contribution is -2.44. The van der Waals surface area contributed by atoms with E-state index in [1.165, 1.54) is 19.2 Å². The molecular formula is C23H29N3O5S. The highest BCUT2D eigenvalue weighted by Crippen LogP contribution is 2.26. The van der Waals surface area contributed by atoms with Crippen LogP contribution in [0.1, 0.15) is 37.3 Å². The van der Waals surface area contributed by atoms with Gasteiger partial charge in [0.1, 0.15) is 5.75 Å². The number of amides is 2. The first-order valence-electron chi connectivity index (χ1n) is 10.7. The number of carbonyl (C=O) groups is 2. The Morgan fingerprint density at radius 1 is 1.12 bits per heavy atom. The highest BCUT2D eigenvalue weighted by atomic mass is 32.2. The Morgan fingerprint density at radius 2 is 1.91 bits per heavy atom. The van der Waals surface area contributed by atoms with Crippen LogP contribution in [0, 0.1) is 0 Å². The molecule has 1 heterocycles. The SMILES string of the molecule is COc1cccc(S(=O)(=O)NCC(=O)N2CCCCCNC(=O)CC2c2ccccc2)c1. The van der Waals surface area contributed by atoms with Crippen molar-refractivity contribution in [3.05, 3.63) is 60.2 Å². The van der Waals surface area contributed by atoms with Gasteiger partial charge in [0.25, 0.3) is 0 Å². The molecule has 1 unspecified atom stereocenters. The Morgan fingerprint density at radius 3 is 2.66 bits per heavy atom. The summed E-state index contributed by atoms with van der Waals surface area (Å²) in [6, 6.07) is 14.9. The third kappa shape index (κ3) is 6.30. The van der Waals surface area contributed by atoms with Crippen molar-refractivity contribution in [1.29, 1.82) is 0 Å². The smallest absolute Gasteiger partial charge is 0.241 e. The summed E-state index contributed by atoms with van der Waals surface area (Å²) >= 11 is 0. The van der Waals surface area contributed by atoms with E-state index in [9.17, 15) is 18.0 Å². The molecule has 0 aromatic heterocycles. The van der Waals surface area contributed by atoms with E-state index < -0.39 is 22.6 Å². The molecule has 0 spiro atoms. The van der Waals surface area contributed by atoms with E-state index >= 15 is 0 Å². The molecule has 9 heteroatoms. The fourth-order valence-corrected chi connectivity index (χ4v) is 4.72. The summed E-state index contributed by atoms with van der Waals surface area (Å²) in [5.41, 5.74) is 0.840. The van der Waals surface area contributed by atoms with E-state index in [2.05, 4.69) is 10.0 Å². The third-order valence-corrected chi connectivity index (χ3v) is 6.82. The molecule has 32 heavy (non-hydrogen) atoms. The topological polar surface area (TPSA) is 105 Å². The molecule has 2 N–H and O–H groups in total. The zero-order valence-corrected chi connectivity index (χ0v) is 18.9. The van der Waals surface area contributed by atoms with Crippen LogP contribution in [0.3, 0.4) is 0 Å². The Labute approximate surface area is 189 Å². The van der Waals surface area contributed by atoms with Crippen molar-refractivity contribution in [2.24, 2.45) is 0 Å². The fourth-order valence-electron chi connectivity index (χ4n) is 3.71. The van der Waals surface area contributed by atoms with E-state index in [-0.39, 0.29) is 23.1 Å². The summed E-state index contributed by atoms with van der Waals surface area (Å²) in [6.45, 7) is 0.672. The normalized spacial score (nSPS) is 18.0. The number of hydrogen-bond donors (Lipinski definition) is 2. The van der Waals surface area contributed by atoms with E-state index in [0.29, 0.717) is 18.8 Å². The molecule has 1 aliphatic heterocycles. The van der Waals surface area contributed by atoms with Crippen LogP contribution in [0.15, 0.2) is 59.5 Å². The number of methoxy groups -OCH3 is 1. The zero-order chi connectivity index (χ0) is 23.0. The quantitative estimate of drug-likeness (QED) is 0.689. The van der Waals surface area contributed by atoms with Crippen LogP contribution in [0.2, 0.25) is 0 Å². The predicted molar refractivity (Wildman–Crippen MR) is 121 cm³/mol.